The molecule has 0 aromatic heterocycles. The van der Waals surface area contributed by atoms with E-state index in [4.69, 9.17) is 5.73 Å². The Morgan fingerprint density at radius 3 is 2.36 bits per heavy atom. The van der Waals surface area contributed by atoms with Crippen LogP contribution in [0.5, 0.6) is 5.75 Å². The van der Waals surface area contributed by atoms with Gasteiger partial charge in [0, 0.05) is 17.8 Å². The van der Waals surface area contributed by atoms with E-state index in [2.05, 4.69) is 5.32 Å². The van der Waals surface area contributed by atoms with Crippen molar-refractivity contribution in [2.24, 2.45) is 23.5 Å². The van der Waals surface area contributed by atoms with Crippen molar-refractivity contribution in [3.63, 3.8) is 0 Å². The maximum atomic E-state index is 13.7. The summed E-state index contributed by atoms with van der Waals surface area (Å²) >= 11 is 0. The molecule has 1 aromatic carbocycles. The van der Waals surface area contributed by atoms with Crippen molar-refractivity contribution in [3.8, 4) is 5.75 Å². The Balaban J connectivity index is 2.03. The van der Waals surface area contributed by atoms with Gasteiger partial charge in [0.1, 0.15) is 22.7 Å². The first-order valence-electron chi connectivity index (χ1n) is 10.8. The number of nitrogens with zero attached hydrogens (tertiary/aromatic N) is 1. The molecule has 7 N–H and O–H groups in total. The molecule has 1 saturated carbocycles. The number of phenols is 1. The van der Waals surface area contributed by atoms with Crippen molar-refractivity contribution in [1.29, 1.82) is 0 Å². The molecule has 4 rings (SSSR count). The third-order valence-corrected chi connectivity index (χ3v) is 7.80. The predicted octanol–water partition coefficient (Wildman–Crippen LogP) is -0.955. The van der Waals surface area contributed by atoms with Crippen LogP contribution >= 0.6 is 0 Å². The van der Waals surface area contributed by atoms with E-state index in [0.29, 0.717) is 5.56 Å². The van der Waals surface area contributed by atoms with Gasteiger partial charge >= 0.3 is 0 Å². The number of likely N-dealkylation sites (N-methyl/N-ethyl adjacent to an activating group) is 2. The van der Waals surface area contributed by atoms with Crippen LogP contribution in [0.3, 0.4) is 0 Å². The molecule has 10 nitrogen and oxygen atoms in total. The fourth-order valence-corrected chi connectivity index (χ4v) is 6.48. The number of nitrogens with two attached hydrogens (primary N) is 1. The number of hydrogen-bond donors (Lipinski definition) is 6. The molecule has 0 bridgehead atoms. The van der Waals surface area contributed by atoms with Crippen molar-refractivity contribution in [2.45, 2.75) is 36.6 Å². The standard InChI is InChI=1S/C23H29N3O7/c1-8-9-6-5-7-10(27)12(9)17(28)13-11(8)18(29)15-16(26(3)4)19(30)14(22(24)32)21(31)23(15,33)20(13)25-2/h5-8,11,13,15-16,18,20,25,27,29,31,33H,1-4H3,(H2,24,32)/t8-,11?,13?,15?,16-,18-,20?,23-/m0/s1. The number of primary amides is 1. The Bertz CT molecular complexity index is 1080. The Hall–Kier alpha value is -2.79. The molecule has 1 fully saturated rings. The average Bonchev–Trinajstić information content (AvgIpc) is 2.73. The lowest BCUT2D eigenvalue weighted by Crippen LogP contribution is -2.76. The van der Waals surface area contributed by atoms with Crippen molar-refractivity contribution in [3.05, 3.63) is 40.7 Å². The maximum absolute atomic E-state index is 13.7. The van der Waals surface area contributed by atoms with Crippen LogP contribution in [-0.4, -0.2) is 87.7 Å². The van der Waals surface area contributed by atoms with Gasteiger partial charge in [-0.15, -0.1) is 0 Å². The SMILES string of the molecule is CNC1C2C(=O)c3c(O)cccc3[C@H](C)C2[C@H](O)C2[C@H](N(C)C)C(=O)C(C(N)=O)=C(O)[C@@]12O. The van der Waals surface area contributed by atoms with Crippen LogP contribution in [0, 0.1) is 17.8 Å². The first-order valence-corrected chi connectivity index (χ1v) is 10.8. The number of amides is 1. The molecule has 1 aromatic rings. The van der Waals surface area contributed by atoms with E-state index in [-0.39, 0.29) is 11.3 Å². The zero-order valence-electron chi connectivity index (χ0n) is 18.8. The second kappa shape index (κ2) is 7.63. The summed E-state index contributed by atoms with van der Waals surface area (Å²) in [5.41, 5.74) is 2.92. The highest BCUT2D eigenvalue weighted by Crippen LogP contribution is 2.56. The number of Topliss-reactive ketones (excluding diaryl/α,β-unsaturated/α-hetero) is 2. The van der Waals surface area contributed by atoms with Crippen LogP contribution in [0.4, 0.5) is 0 Å². The minimum atomic E-state index is -2.36. The number of carbonyl (C=O) groups excluding carboxylic acids is 3. The van der Waals surface area contributed by atoms with Crippen LogP contribution in [0.25, 0.3) is 0 Å². The van der Waals surface area contributed by atoms with Gasteiger partial charge in [-0.2, -0.15) is 0 Å². The van der Waals surface area contributed by atoms with Crippen LogP contribution in [0.15, 0.2) is 29.5 Å². The molecule has 33 heavy (non-hydrogen) atoms. The van der Waals surface area contributed by atoms with Crippen molar-refractivity contribution < 1.29 is 34.8 Å². The van der Waals surface area contributed by atoms with Gasteiger partial charge in [-0.05, 0) is 38.7 Å². The highest BCUT2D eigenvalue weighted by atomic mass is 16.3. The highest BCUT2D eigenvalue weighted by molar-refractivity contribution is 6.22. The number of hydrogen-bond acceptors (Lipinski definition) is 9. The zero-order valence-corrected chi connectivity index (χ0v) is 18.8. The molecule has 10 heteroatoms. The molecule has 0 saturated heterocycles. The molecule has 1 amide bonds. The van der Waals surface area contributed by atoms with Gasteiger partial charge in [0.25, 0.3) is 5.91 Å². The van der Waals surface area contributed by atoms with E-state index in [1.54, 1.807) is 26.2 Å². The number of aliphatic hydroxyl groups is 3. The summed E-state index contributed by atoms with van der Waals surface area (Å²) in [7, 11) is 4.59. The number of aromatic hydroxyl groups is 1. The Morgan fingerprint density at radius 1 is 1.18 bits per heavy atom. The van der Waals surface area contributed by atoms with Gasteiger partial charge in [-0.1, -0.05) is 19.1 Å². The van der Waals surface area contributed by atoms with Crippen molar-refractivity contribution >= 4 is 17.5 Å². The smallest absolute Gasteiger partial charge is 0.255 e. The molecule has 4 unspecified atom stereocenters. The van der Waals surface area contributed by atoms with E-state index >= 15 is 0 Å². The summed E-state index contributed by atoms with van der Waals surface area (Å²) in [5, 5.41) is 48.0. The molecule has 178 valence electrons. The number of fused-ring (bicyclic) bond motifs is 3. The monoisotopic (exact) mass is 459 g/mol. The summed E-state index contributed by atoms with van der Waals surface area (Å²) in [6.45, 7) is 1.81. The van der Waals surface area contributed by atoms with E-state index < -0.39 is 76.3 Å². The second-order valence-electron chi connectivity index (χ2n) is 9.47. The highest BCUT2D eigenvalue weighted by Gasteiger charge is 2.69. The normalized spacial score (nSPS) is 38.1. The molecule has 0 radical (unpaired) electrons. The summed E-state index contributed by atoms with van der Waals surface area (Å²) in [6, 6.07) is 2.32. The van der Waals surface area contributed by atoms with E-state index in [1.165, 1.54) is 18.0 Å². The lowest BCUT2D eigenvalue weighted by molar-refractivity contribution is -0.186. The number of nitrogens with one attached hydrogen (secondary N) is 1. The van der Waals surface area contributed by atoms with Gasteiger partial charge in [-0.25, -0.2) is 0 Å². The topological polar surface area (TPSA) is 173 Å². The Kier molecular flexibility index (Phi) is 5.40. The van der Waals surface area contributed by atoms with E-state index in [0.717, 1.165) is 0 Å². The summed E-state index contributed by atoms with van der Waals surface area (Å²) in [6.07, 6.45) is -1.41. The summed E-state index contributed by atoms with van der Waals surface area (Å²) in [4.78, 5) is 40.4. The Morgan fingerprint density at radius 2 is 1.82 bits per heavy atom. The molecule has 8 atom stereocenters. The summed E-state index contributed by atoms with van der Waals surface area (Å²) < 4.78 is 0. The quantitative estimate of drug-likeness (QED) is 0.311. The number of phenolic OH excluding ortho intramolecular Hbond substituents is 1. The third-order valence-electron chi connectivity index (χ3n) is 7.80. The minimum absolute atomic E-state index is 0.0930. The van der Waals surface area contributed by atoms with E-state index in [1.807, 2.05) is 6.92 Å². The number of ketones is 2. The summed E-state index contributed by atoms with van der Waals surface area (Å²) in [5.74, 6) is -7.21. The number of rotatable bonds is 3. The molecule has 3 aliphatic carbocycles. The van der Waals surface area contributed by atoms with Gasteiger partial charge in [0.2, 0.25) is 0 Å². The van der Waals surface area contributed by atoms with Crippen LogP contribution in [0.2, 0.25) is 0 Å². The maximum Gasteiger partial charge on any atom is 0.255 e. The lowest BCUT2D eigenvalue weighted by atomic mass is 9.49. The fraction of sp³-hybridized carbons (Fsp3) is 0.522. The second-order valence-corrected chi connectivity index (χ2v) is 9.47. The van der Waals surface area contributed by atoms with Gasteiger partial charge in [-0.3, -0.25) is 19.3 Å². The Labute approximate surface area is 190 Å². The van der Waals surface area contributed by atoms with Crippen molar-refractivity contribution in [1.82, 2.24) is 10.2 Å². The first-order chi connectivity index (χ1) is 15.4. The van der Waals surface area contributed by atoms with Crippen LogP contribution < -0.4 is 11.1 Å². The molecule has 0 aliphatic heterocycles. The van der Waals surface area contributed by atoms with Gasteiger partial charge in [0.15, 0.2) is 11.6 Å². The number of benzene rings is 1. The molecule has 0 heterocycles. The zero-order chi connectivity index (χ0) is 24.6. The first kappa shape index (κ1) is 23.4. The van der Waals surface area contributed by atoms with E-state index in [9.17, 15) is 34.8 Å². The third kappa shape index (κ3) is 2.84. The van der Waals surface area contributed by atoms with Crippen LogP contribution in [-0.2, 0) is 9.59 Å². The molecular weight excluding hydrogens is 430 g/mol. The minimum Gasteiger partial charge on any atom is -0.508 e. The average molecular weight is 459 g/mol. The van der Waals surface area contributed by atoms with Gasteiger partial charge in [0.05, 0.1) is 23.8 Å². The predicted molar refractivity (Wildman–Crippen MR) is 116 cm³/mol. The van der Waals surface area contributed by atoms with Gasteiger partial charge < -0.3 is 31.5 Å². The lowest BCUT2D eigenvalue weighted by Gasteiger charge is -2.60. The largest absolute Gasteiger partial charge is 0.508 e. The molecule has 3 aliphatic rings. The number of aliphatic hydroxyl groups excluding tert-OH is 2. The molecular formula is C23H29N3O7. The molecule has 0 spiro atoms. The number of carbonyl (C=O) groups is 3. The fourth-order valence-electron chi connectivity index (χ4n) is 6.48. The van der Waals surface area contributed by atoms with Crippen LogP contribution in [0.1, 0.15) is 28.8 Å². The van der Waals surface area contributed by atoms with Crippen molar-refractivity contribution in [2.75, 3.05) is 21.1 Å².